The number of carbonyl (C=O) groups is 2. The SMILES string of the molecule is O=C(Nc1ccc(C(=O)N2CCC[C@@H]2c2nnc3ccccn23)cc1)c1ccccc1. The van der Waals surface area contributed by atoms with Crippen molar-refractivity contribution in [1.82, 2.24) is 19.5 Å². The smallest absolute Gasteiger partial charge is 0.255 e. The summed E-state index contributed by atoms with van der Waals surface area (Å²) in [6.45, 7) is 0.678. The van der Waals surface area contributed by atoms with E-state index in [1.165, 1.54) is 0 Å². The molecule has 31 heavy (non-hydrogen) atoms. The second-order valence-electron chi connectivity index (χ2n) is 7.54. The van der Waals surface area contributed by atoms with E-state index in [1.54, 1.807) is 36.4 Å². The summed E-state index contributed by atoms with van der Waals surface area (Å²) in [6, 6.07) is 21.7. The quantitative estimate of drug-likeness (QED) is 0.551. The molecule has 2 amide bonds. The number of amides is 2. The Balaban J connectivity index is 1.33. The van der Waals surface area contributed by atoms with Crippen LogP contribution in [0.15, 0.2) is 79.0 Å². The maximum atomic E-state index is 13.2. The number of nitrogens with one attached hydrogen (secondary N) is 1. The Morgan fingerprint density at radius 2 is 1.65 bits per heavy atom. The summed E-state index contributed by atoms with van der Waals surface area (Å²) in [4.78, 5) is 27.4. The van der Waals surface area contributed by atoms with Crippen LogP contribution < -0.4 is 5.32 Å². The fourth-order valence-corrected chi connectivity index (χ4v) is 4.02. The van der Waals surface area contributed by atoms with Crippen molar-refractivity contribution in [3.8, 4) is 0 Å². The molecular weight excluding hydrogens is 390 g/mol. The molecule has 154 valence electrons. The molecule has 2 aromatic carbocycles. The van der Waals surface area contributed by atoms with Crippen molar-refractivity contribution in [1.29, 1.82) is 0 Å². The zero-order valence-electron chi connectivity index (χ0n) is 16.8. The van der Waals surface area contributed by atoms with Gasteiger partial charge in [-0.3, -0.25) is 14.0 Å². The van der Waals surface area contributed by atoms with Gasteiger partial charge >= 0.3 is 0 Å². The third-order valence-electron chi connectivity index (χ3n) is 5.58. The number of pyridine rings is 1. The maximum Gasteiger partial charge on any atom is 0.255 e. The molecule has 0 bridgehead atoms. The molecule has 1 atom stereocenters. The van der Waals surface area contributed by atoms with Crippen LogP contribution in [0.25, 0.3) is 5.65 Å². The lowest BCUT2D eigenvalue weighted by molar-refractivity contribution is 0.0729. The molecule has 5 rings (SSSR count). The first-order valence-electron chi connectivity index (χ1n) is 10.3. The first kappa shape index (κ1) is 19.0. The number of fused-ring (bicyclic) bond motifs is 1. The zero-order chi connectivity index (χ0) is 21.2. The molecular formula is C24H21N5O2. The van der Waals surface area contributed by atoms with Crippen LogP contribution in [0.1, 0.15) is 45.4 Å². The van der Waals surface area contributed by atoms with Crippen molar-refractivity contribution >= 4 is 23.1 Å². The Kier molecular flexibility index (Phi) is 4.92. The van der Waals surface area contributed by atoms with Crippen LogP contribution in [0.3, 0.4) is 0 Å². The molecule has 1 aliphatic heterocycles. The molecule has 0 radical (unpaired) electrons. The van der Waals surface area contributed by atoms with Gasteiger partial charge in [0, 0.05) is 29.6 Å². The van der Waals surface area contributed by atoms with E-state index in [-0.39, 0.29) is 17.9 Å². The number of hydrogen-bond acceptors (Lipinski definition) is 4. The topological polar surface area (TPSA) is 79.6 Å². The van der Waals surface area contributed by atoms with Gasteiger partial charge in [-0.25, -0.2) is 0 Å². The van der Waals surface area contributed by atoms with Crippen LogP contribution >= 0.6 is 0 Å². The fraction of sp³-hybridized carbons (Fsp3) is 0.167. The van der Waals surface area contributed by atoms with Crippen LogP contribution in [-0.2, 0) is 0 Å². The Morgan fingerprint density at radius 1 is 0.871 bits per heavy atom. The van der Waals surface area contributed by atoms with Crippen molar-refractivity contribution in [2.24, 2.45) is 0 Å². The minimum absolute atomic E-state index is 0.0453. The largest absolute Gasteiger partial charge is 0.328 e. The number of carbonyl (C=O) groups excluding carboxylic acids is 2. The van der Waals surface area contributed by atoms with Crippen molar-refractivity contribution in [3.63, 3.8) is 0 Å². The van der Waals surface area contributed by atoms with Gasteiger partial charge in [0.2, 0.25) is 0 Å². The average Bonchev–Trinajstić information content (AvgIpc) is 3.46. The molecule has 1 aliphatic rings. The van der Waals surface area contributed by atoms with E-state index in [2.05, 4.69) is 15.5 Å². The van der Waals surface area contributed by atoms with Crippen molar-refractivity contribution in [3.05, 3.63) is 95.9 Å². The summed E-state index contributed by atoms with van der Waals surface area (Å²) in [7, 11) is 0. The Labute approximate surface area is 179 Å². The second-order valence-corrected chi connectivity index (χ2v) is 7.54. The number of anilines is 1. The summed E-state index contributed by atoms with van der Waals surface area (Å²) in [5.74, 6) is 0.558. The molecule has 0 spiro atoms. The predicted molar refractivity (Wildman–Crippen MR) is 117 cm³/mol. The van der Waals surface area contributed by atoms with Gasteiger partial charge in [-0.2, -0.15) is 0 Å². The summed E-state index contributed by atoms with van der Waals surface area (Å²) in [6.07, 6.45) is 3.70. The minimum atomic E-state index is -0.182. The Bertz CT molecular complexity index is 1230. The second kappa shape index (κ2) is 8.02. The molecule has 4 aromatic rings. The summed E-state index contributed by atoms with van der Waals surface area (Å²) in [5.41, 5.74) is 2.59. The molecule has 0 unspecified atom stereocenters. The molecule has 3 heterocycles. The van der Waals surface area contributed by atoms with E-state index >= 15 is 0 Å². The van der Waals surface area contributed by atoms with Gasteiger partial charge in [-0.05, 0) is 61.4 Å². The van der Waals surface area contributed by atoms with E-state index in [9.17, 15) is 9.59 Å². The van der Waals surface area contributed by atoms with Crippen molar-refractivity contribution in [2.75, 3.05) is 11.9 Å². The average molecular weight is 411 g/mol. The van der Waals surface area contributed by atoms with Crippen LogP contribution in [0.2, 0.25) is 0 Å². The molecule has 1 saturated heterocycles. The molecule has 0 saturated carbocycles. The summed E-state index contributed by atoms with van der Waals surface area (Å²) < 4.78 is 1.94. The van der Waals surface area contributed by atoms with Crippen molar-refractivity contribution in [2.45, 2.75) is 18.9 Å². The lowest BCUT2D eigenvalue weighted by atomic mass is 10.1. The van der Waals surface area contributed by atoms with Gasteiger partial charge in [0.05, 0.1) is 6.04 Å². The standard InChI is InChI=1S/C24H21N5O2/c30-23(17-7-2-1-3-8-17)25-19-13-11-18(12-14-19)24(31)28-16-6-9-20(28)22-27-26-21-10-4-5-15-29(21)22/h1-5,7-8,10-15,20H,6,9,16H2,(H,25,30)/t20-/m1/s1. The van der Waals surface area contributed by atoms with Gasteiger partial charge < -0.3 is 10.2 Å². The number of likely N-dealkylation sites (tertiary alicyclic amines) is 1. The first-order chi connectivity index (χ1) is 15.2. The first-order valence-corrected chi connectivity index (χ1v) is 10.3. The zero-order valence-corrected chi connectivity index (χ0v) is 16.8. The maximum absolute atomic E-state index is 13.2. The number of nitrogens with zero attached hydrogens (tertiary/aromatic N) is 4. The highest BCUT2D eigenvalue weighted by molar-refractivity contribution is 6.04. The van der Waals surface area contributed by atoms with Gasteiger partial charge in [0.25, 0.3) is 11.8 Å². The molecule has 1 fully saturated rings. The van der Waals surface area contributed by atoms with E-state index in [0.29, 0.717) is 23.4 Å². The van der Waals surface area contributed by atoms with Gasteiger partial charge in [-0.1, -0.05) is 24.3 Å². The van der Waals surface area contributed by atoms with Gasteiger partial charge in [0.1, 0.15) is 0 Å². The monoisotopic (exact) mass is 411 g/mol. The lowest BCUT2D eigenvalue weighted by Crippen LogP contribution is -2.31. The summed E-state index contributed by atoms with van der Waals surface area (Å²) >= 11 is 0. The van der Waals surface area contributed by atoms with Crippen LogP contribution in [0.5, 0.6) is 0 Å². The predicted octanol–water partition coefficient (Wildman–Crippen LogP) is 3.96. The highest BCUT2D eigenvalue weighted by Crippen LogP contribution is 2.32. The van der Waals surface area contributed by atoms with Crippen LogP contribution in [0, 0.1) is 0 Å². The van der Waals surface area contributed by atoms with E-state index < -0.39 is 0 Å². The molecule has 7 nitrogen and oxygen atoms in total. The number of benzene rings is 2. The molecule has 1 N–H and O–H groups in total. The van der Waals surface area contributed by atoms with Crippen LogP contribution in [0.4, 0.5) is 5.69 Å². The molecule has 7 heteroatoms. The van der Waals surface area contributed by atoms with Crippen molar-refractivity contribution < 1.29 is 9.59 Å². The number of aromatic nitrogens is 3. The number of rotatable bonds is 4. The van der Waals surface area contributed by atoms with E-state index in [1.807, 2.05) is 51.9 Å². The van der Waals surface area contributed by atoms with E-state index in [4.69, 9.17) is 0 Å². The highest BCUT2D eigenvalue weighted by atomic mass is 16.2. The van der Waals surface area contributed by atoms with E-state index in [0.717, 1.165) is 24.3 Å². The number of hydrogen-bond donors (Lipinski definition) is 1. The Hall–Kier alpha value is -4.00. The van der Waals surface area contributed by atoms with Gasteiger partial charge in [-0.15, -0.1) is 10.2 Å². The third kappa shape index (κ3) is 3.66. The molecule has 2 aromatic heterocycles. The minimum Gasteiger partial charge on any atom is -0.328 e. The van der Waals surface area contributed by atoms with Crippen LogP contribution in [-0.4, -0.2) is 37.9 Å². The fourth-order valence-electron chi connectivity index (χ4n) is 4.02. The Morgan fingerprint density at radius 3 is 2.45 bits per heavy atom. The van der Waals surface area contributed by atoms with Gasteiger partial charge in [0.15, 0.2) is 11.5 Å². The third-order valence-corrected chi connectivity index (χ3v) is 5.58. The normalized spacial score (nSPS) is 15.9. The highest BCUT2D eigenvalue weighted by Gasteiger charge is 2.33. The summed E-state index contributed by atoms with van der Waals surface area (Å²) in [5, 5.41) is 11.4. The lowest BCUT2D eigenvalue weighted by Gasteiger charge is -2.23. The molecule has 0 aliphatic carbocycles.